The van der Waals surface area contributed by atoms with Gasteiger partial charge in [-0.1, -0.05) is 24.3 Å². The first-order valence-electron chi connectivity index (χ1n) is 7.40. The molecule has 3 rings (SSSR count). The topological polar surface area (TPSA) is 66.4 Å². The summed E-state index contributed by atoms with van der Waals surface area (Å²) in [4.78, 5) is 24.2. The van der Waals surface area contributed by atoms with Gasteiger partial charge in [-0.05, 0) is 49.3 Å². The second-order valence-corrected chi connectivity index (χ2v) is 6.31. The van der Waals surface area contributed by atoms with E-state index in [1.807, 2.05) is 0 Å². The summed E-state index contributed by atoms with van der Waals surface area (Å²) in [5.74, 6) is -1.38. The van der Waals surface area contributed by atoms with Crippen molar-refractivity contribution in [1.82, 2.24) is 5.32 Å². The maximum atomic E-state index is 13.0. The lowest BCUT2D eigenvalue weighted by molar-refractivity contribution is -0.148. The quantitative estimate of drug-likeness (QED) is 0.840. The van der Waals surface area contributed by atoms with Crippen molar-refractivity contribution in [2.75, 3.05) is 0 Å². The summed E-state index contributed by atoms with van der Waals surface area (Å²) >= 11 is 0. The van der Waals surface area contributed by atoms with Crippen LogP contribution in [0.15, 0.2) is 36.4 Å². The largest absolute Gasteiger partial charge is 0.479 e. The second kappa shape index (κ2) is 5.23. The Morgan fingerprint density at radius 1 is 1.23 bits per heavy atom. The zero-order valence-corrected chi connectivity index (χ0v) is 12.3. The van der Waals surface area contributed by atoms with Gasteiger partial charge in [-0.25, -0.2) is 9.18 Å². The van der Waals surface area contributed by atoms with Crippen LogP contribution in [0.1, 0.15) is 25.3 Å². The highest BCUT2D eigenvalue weighted by molar-refractivity contribution is 5.89. The molecule has 2 aliphatic rings. The number of carbonyl (C=O) groups excluding carboxylic acids is 1. The Morgan fingerprint density at radius 3 is 2.41 bits per heavy atom. The van der Waals surface area contributed by atoms with Crippen molar-refractivity contribution in [2.45, 2.75) is 25.3 Å². The second-order valence-electron chi connectivity index (χ2n) is 6.31. The van der Waals surface area contributed by atoms with Gasteiger partial charge >= 0.3 is 5.97 Å². The SMILES string of the molecule is CC(NC(=O)C1CC2C=CC1C2)(C(=O)O)c1ccc(F)cc1. The molecular weight excluding hydrogens is 285 g/mol. The summed E-state index contributed by atoms with van der Waals surface area (Å²) in [5.41, 5.74) is -1.20. The van der Waals surface area contributed by atoms with Gasteiger partial charge in [0.2, 0.25) is 5.91 Å². The van der Waals surface area contributed by atoms with Gasteiger partial charge in [-0.15, -0.1) is 0 Å². The zero-order chi connectivity index (χ0) is 15.9. The van der Waals surface area contributed by atoms with Crippen LogP contribution in [0.4, 0.5) is 4.39 Å². The minimum Gasteiger partial charge on any atom is -0.479 e. The third kappa shape index (κ3) is 2.40. The Hall–Kier alpha value is -2.17. The number of allylic oxidation sites excluding steroid dienone is 2. The van der Waals surface area contributed by atoms with Crippen LogP contribution in [-0.4, -0.2) is 17.0 Å². The number of halogens is 1. The summed E-state index contributed by atoms with van der Waals surface area (Å²) in [6.45, 7) is 1.43. The third-order valence-corrected chi connectivity index (χ3v) is 4.84. The van der Waals surface area contributed by atoms with Crippen LogP contribution in [0, 0.1) is 23.6 Å². The number of carbonyl (C=O) groups is 2. The molecular formula is C17H18FNO3. The number of fused-ring (bicyclic) bond motifs is 2. The van der Waals surface area contributed by atoms with Crippen LogP contribution in [0.25, 0.3) is 0 Å². The van der Waals surface area contributed by atoms with E-state index >= 15 is 0 Å². The van der Waals surface area contributed by atoms with Gasteiger partial charge in [-0.3, -0.25) is 4.79 Å². The highest BCUT2D eigenvalue weighted by Crippen LogP contribution is 2.43. The third-order valence-electron chi connectivity index (χ3n) is 4.84. The molecule has 4 nitrogen and oxygen atoms in total. The van der Waals surface area contributed by atoms with Crippen molar-refractivity contribution in [3.63, 3.8) is 0 Å². The summed E-state index contributed by atoms with van der Waals surface area (Å²) in [7, 11) is 0. The minimum atomic E-state index is -1.56. The number of hydrogen-bond acceptors (Lipinski definition) is 2. The van der Waals surface area contributed by atoms with E-state index in [0.29, 0.717) is 11.5 Å². The van der Waals surface area contributed by atoms with E-state index in [-0.39, 0.29) is 17.7 Å². The summed E-state index contributed by atoms with van der Waals surface area (Å²) in [5, 5.41) is 12.2. The molecule has 1 saturated carbocycles. The Kier molecular flexibility index (Phi) is 3.51. The highest BCUT2D eigenvalue weighted by Gasteiger charge is 2.44. The average Bonchev–Trinajstić information content (AvgIpc) is 3.10. The molecule has 116 valence electrons. The maximum absolute atomic E-state index is 13.0. The molecule has 0 radical (unpaired) electrons. The molecule has 0 aromatic heterocycles. The number of nitrogens with one attached hydrogen (secondary N) is 1. The molecule has 0 spiro atoms. The average molecular weight is 303 g/mol. The normalized spacial score (nSPS) is 28.4. The molecule has 0 saturated heterocycles. The van der Waals surface area contributed by atoms with Gasteiger partial charge in [0.15, 0.2) is 5.54 Å². The molecule has 4 unspecified atom stereocenters. The van der Waals surface area contributed by atoms with E-state index in [1.165, 1.54) is 31.2 Å². The lowest BCUT2D eigenvalue weighted by Gasteiger charge is -2.29. The Bertz CT molecular complexity index is 640. The van der Waals surface area contributed by atoms with Crippen molar-refractivity contribution >= 4 is 11.9 Å². The van der Waals surface area contributed by atoms with Crippen molar-refractivity contribution < 1.29 is 19.1 Å². The fraction of sp³-hybridized carbons (Fsp3) is 0.412. The van der Waals surface area contributed by atoms with Crippen LogP contribution in [0.2, 0.25) is 0 Å². The zero-order valence-electron chi connectivity index (χ0n) is 12.3. The molecule has 0 aliphatic heterocycles. The predicted molar refractivity (Wildman–Crippen MR) is 78.4 cm³/mol. The van der Waals surface area contributed by atoms with Crippen LogP contribution in [0.5, 0.6) is 0 Å². The molecule has 2 aliphatic carbocycles. The summed E-state index contributed by atoms with van der Waals surface area (Å²) < 4.78 is 13.0. The standard InChI is InChI=1S/C17H18FNO3/c1-17(16(21)22,12-4-6-13(18)7-5-12)19-15(20)14-9-10-2-3-11(14)8-10/h2-7,10-11,14H,8-9H2,1H3,(H,19,20)(H,21,22). The minimum absolute atomic E-state index is 0.172. The molecule has 2 bridgehead atoms. The monoisotopic (exact) mass is 303 g/mol. The molecule has 0 heterocycles. The van der Waals surface area contributed by atoms with Crippen LogP contribution in [0.3, 0.4) is 0 Å². The van der Waals surface area contributed by atoms with Gasteiger partial charge in [-0.2, -0.15) is 0 Å². The van der Waals surface area contributed by atoms with E-state index in [9.17, 15) is 19.1 Å². The Labute approximate surface area is 128 Å². The number of benzene rings is 1. The van der Waals surface area contributed by atoms with Crippen LogP contribution < -0.4 is 5.32 Å². The predicted octanol–water partition coefficient (Wildman–Crippen LogP) is 2.45. The van der Waals surface area contributed by atoms with Gasteiger partial charge in [0, 0.05) is 5.92 Å². The highest BCUT2D eigenvalue weighted by atomic mass is 19.1. The van der Waals surface area contributed by atoms with Gasteiger partial charge in [0.1, 0.15) is 5.82 Å². The van der Waals surface area contributed by atoms with Gasteiger partial charge in [0.25, 0.3) is 0 Å². The van der Waals surface area contributed by atoms with E-state index in [1.54, 1.807) is 0 Å². The summed E-state index contributed by atoms with van der Waals surface area (Å²) in [6.07, 6.45) is 5.92. The Morgan fingerprint density at radius 2 is 1.91 bits per heavy atom. The molecule has 1 aromatic carbocycles. The fourth-order valence-corrected chi connectivity index (χ4v) is 3.45. The van der Waals surface area contributed by atoms with Crippen molar-refractivity contribution in [2.24, 2.45) is 17.8 Å². The van der Waals surface area contributed by atoms with Crippen molar-refractivity contribution in [3.8, 4) is 0 Å². The van der Waals surface area contributed by atoms with E-state index in [2.05, 4.69) is 17.5 Å². The molecule has 5 heteroatoms. The number of hydrogen-bond donors (Lipinski definition) is 2. The molecule has 22 heavy (non-hydrogen) atoms. The van der Waals surface area contributed by atoms with Crippen molar-refractivity contribution in [1.29, 1.82) is 0 Å². The smallest absolute Gasteiger partial charge is 0.333 e. The maximum Gasteiger partial charge on any atom is 0.333 e. The first-order valence-corrected chi connectivity index (χ1v) is 7.40. The molecule has 4 atom stereocenters. The Balaban J connectivity index is 1.82. The first-order chi connectivity index (χ1) is 10.4. The number of aliphatic carboxylic acids is 1. The molecule has 1 aromatic rings. The molecule has 1 amide bonds. The lowest BCUT2D eigenvalue weighted by Crippen LogP contribution is -2.51. The fourth-order valence-electron chi connectivity index (χ4n) is 3.45. The number of rotatable bonds is 4. The van der Waals surface area contributed by atoms with Crippen LogP contribution in [-0.2, 0) is 15.1 Å². The van der Waals surface area contributed by atoms with Crippen molar-refractivity contribution in [3.05, 3.63) is 47.8 Å². The van der Waals surface area contributed by atoms with Crippen LogP contribution >= 0.6 is 0 Å². The lowest BCUT2D eigenvalue weighted by atomic mass is 9.88. The number of amides is 1. The number of carboxylic acids is 1. The van der Waals surface area contributed by atoms with E-state index in [4.69, 9.17) is 0 Å². The van der Waals surface area contributed by atoms with E-state index < -0.39 is 17.3 Å². The van der Waals surface area contributed by atoms with Gasteiger partial charge < -0.3 is 10.4 Å². The first kappa shape index (κ1) is 14.8. The van der Waals surface area contributed by atoms with Gasteiger partial charge in [0.05, 0.1) is 0 Å². The van der Waals surface area contributed by atoms with E-state index in [0.717, 1.165) is 12.8 Å². The summed E-state index contributed by atoms with van der Waals surface area (Å²) in [6, 6.07) is 5.18. The molecule has 1 fully saturated rings. The number of carboxylic acid groups (broad SMARTS) is 1. The molecule has 2 N–H and O–H groups in total.